The first-order chi connectivity index (χ1) is 8.11. The van der Waals surface area contributed by atoms with Gasteiger partial charge in [-0.1, -0.05) is 15.9 Å². The van der Waals surface area contributed by atoms with E-state index in [2.05, 4.69) is 32.8 Å². The van der Waals surface area contributed by atoms with Crippen LogP contribution in [0.4, 0.5) is 10.1 Å². The zero-order valence-electron chi connectivity index (χ0n) is 9.62. The molecule has 2 rings (SSSR count). The Morgan fingerprint density at radius 2 is 1.94 bits per heavy atom. The number of likely N-dealkylation sites (N-methyl/N-ethyl adjacent to an activating group) is 1. The molecule has 3 nitrogen and oxygen atoms in total. The second-order valence-corrected chi connectivity index (χ2v) is 5.14. The van der Waals surface area contributed by atoms with Crippen LogP contribution >= 0.6 is 15.9 Å². The van der Waals surface area contributed by atoms with Gasteiger partial charge in [0.25, 0.3) is 0 Å². The predicted molar refractivity (Wildman–Crippen MR) is 69.2 cm³/mol. The highest BCUT2D eigenvalue weighted by atomic mass is 79.9. The molecule has 1 aromatic rings. The van der Waals surface area contributed by atoms with Crippen molar-refractivity contribution in [2.45, 2.75) is 0 Å². The van der Waals surface area contributed by atoms with Crippen molar-refractivity contribution in [3.8, 4) is 0 Å². The largest absolute Gasteiger partial charge is 0.368 e. The van der Waals surface area contributed by atoms with Gasteiger partial charge in [-0.15, -0.1) is 0 Å². The third kappa shape index (κ3) is 2.66. The first kappa shape index (κ1) is 12.5. The van der Waals surface area contributed by atoms with Gasteiger partial charge >= 0.3 is 0 Å². The maximum atomic E-state index is 13.6. The molecule has 5 heteroatoms. The summed E-state index contributed by atoms with van der Waals surface area (Å²) in [5.74, 6) is -0.469. The Kier molecular flexibility index (Phi) is 3.79. The molecule has 0 aliphatic carbocycles. The van der Waals surface area contributed by atoms with Crippen LogP contribution in [-0.4, -0.2) is 44.4 Å². The van der Waals surface area contributed by atoms with Crippen LogP contribution in [0.15, 0.2) is 16.6 Å². The molecule has 1 saturated heterocycles. The van der Waals surface area contributed by atoms with Gasteiger partial charge in [0.2, 0.25) is 0 Å². The van der Waals surface area contributed by atoms with Crippen molar-refractivity contribution in [2.24, 2.45) is 0 Å². The van der Waals surface area contributed by atoms with Crippen LogP contribution in [-0.2, 0) is 0 Å². The van der Waals surface area contributed by atoms with Crippen LogP contribution in [0, 0.1) is 5.82 Å². The summed E-state index contributed by atoms with van der Waals surface area (Å²) < 4.78 is 14.3. The molecule has 0 unspecified atom stereocenters. The van der Waals surface area contributed by atoms with Gasteiger partial charge in [-0.3, -0.25) is 4.79 Å². The third-order valence-corrected chi connectivity index (χ3v) is 3.49. The topological polar surface area (TPSA) is 23.6 Å². The van der Waals surface area contributed by atoms with Crippen molar-refractivity contribution in [1.82, 2.24) is 4.90 Å². The molecule has 1 fully saturated rings. The maximum Gasteiger partial charge on any atom is 0.155 e. The smallest absolute Gasteiger partial charge is 0.155 e. The number of hydrogen-bond donors (Lipinski definition) is 0. The van der Waals surface area contributed by atoms with Crippen molar-refractivity contribution in [3.63, 3.8) is 0 Å². The van der Waals surface area contributed by atoms with E-state index in [4.69, 9.17) is 0 Å². The number of piperazine rings is 1. The Hall–Kier alpha value is -0.940. The first-order valence-corrected chi connectivity index (χ1v) is 6.29. The second kappa shape index (κ2) is 5.14. The van der Waals surface area contributed by atoms with E-state index >= 15 is 0 Å². The summed E-state index contributed by atoms with van der Waals surface area (Å²) in [6.07, 6.45) is 0.593. The van der Waals surface area contributed by atoms with Crippen molar-refractivity contribution in [3.05, 3.63) is 28.0 Å². The van der Waals surface area contributed by atoms with Gasteiger partial charge in [0.15, 0.2) is 6.29 Å². The fourth-order valence-electron chi connectivity index (χ4n) is 2.00. The average Bonchev–Trinajstić information content (AvgIpc) is 2.29. The van der Waals surface area contributed by atoms with Gasteiger partial charge in [-0.25, -0.2) is 4.39 Å². The van der Waals surface area contributed by atoms with E-state index in [0.29, 0.717) is 16.4 Å². The zero-order chi connectivity index (χ0) is 12.4. The molecule has 0 atom stereocenters. The number of rotatable bonds is 2. The Morgan fingerprint density at radius 1 is 1.29 bits per heavy atom. The Morgan fingerprint density at radius 3 is 2.53 bits per heavy atom. The molecular weight excluding hydrogens is 287 g/mol. The number of halogens is 2. The normalized spacial score (nSPS) is 17.2. The Bertz CT molecular complexity index is 431. The van der Waals surface area contributed by atoms with Gasteiger partial charge in [0.1, 0.15) is 5.82 Å². The molecule has 0 radical (unpaired) electrons. The molecule has 1 aliphatic rings. The first-order valence-electron chi connectivity index (χ1n) is 5.49. The lowest BCUT2D eigenvalue weighted by Gasteiger charge is -2.34. The minimum atomic E-state index is -0.469. The van der Waals surface area contributed by atoms with E-state index in [-0.39, 0.29) is 5.56 Å². The highest BCUT2D eigenvalue weighted by Crippen LogP contribution is 2.27. The summed E-state index contributed by atoms with van der Waals surface area (Å²) >= 11 is 3.26. The minimum absolute atomic E-state index is 0.151. The van der Waals surface area contributed by atoms with Crippen LogP contribution in [0.3, 0.4) is 0 Å². The number of benzene rings is 1. The van der Waals surface area contributed by atoms with Crippen molar-refractivity contribution in [1.29, 1.82) is 0 Å². The van der Waals surface area contributed by atoms with Crippen molar-refractivity contribution in [2.75, 3.05) is 38.1 Å². The van der Waals surface area contributed by atoms with E-state index in [1.807, 2.05) is 0 Å². The number of carbonyl (C=O) groups is 1. The number of hydrogen-bond acceptors (Lipinski definition) is 3. The highest BCUT2D eigenvalue weighted by molar-refractivity contribution is 9.10. The summed E-state index contributed by atoms with van der Waals surface area (Å²) in [5.41, 5.74) is 0.831. The van der Waals surface area contributed by atoms with Crippen molar-refractivity contribution < 1.29 is 9.18 Å². The molecule has 0 N–H and O–H groups in total. The number of carbonyl (C=O) groups excluding carboxylic acids is 1. The van der Waals surface area contributed by atoms with Gasteiger partial charge < -0.3 is 9.80 Å². The minimum Gasteiger partial charge on any atom is -0.368 e. The summed E-state index contributed by atoms with van der Waals surface area (Å²) in [6.45, 7) is 3.47. The van der Waals surface area contributed by atoms with Crippen LogP contribution in [0.5, 0.6) is 0 Å². The SMILES string of the molecule is CN1CCN(c2cc(Br)cc(F)c2C=O)CC1. The standard InChI is InChI=1S/C12H14BrFN2O/c1-15-2-4-16(5-3-15)12-7-9(13)6-11(14)10(12)8-17/h6-8H,2-5H2,1H3. The van der Waals surface area contributed by atoms with Gasteiger partial charge in [0, 0.05) is 30.7 Å². The molecule has 1 aliphatic heterocycles. The van der Waals surface area contributed by atoms with E-state index < -0.39 is 5.82 Å². The van der Waals surface area contributed by atoms with Gasteiger partial charge in [-0.05, 0) is 19.2 Å². The van der Waals surface area contributed by atoms with E-state index in [9.17, 15) is 9.18 Å². The average molecular weight is 301 g/mol. The fourth-order valence-corrected chi connectivity index (χ4v) is 2.41. The molecule has 0 amide bonds. The predicted octanol–water partition coefficient (Wildman–Crippen LogP) is 2.15. The van der Waals surface area contributed by atoms with Gasteiger partial charge in [-0.2, -0.15) is 0 Å². The third-order valence-electron chi connectivity index (χ3n) is 3.03. The Labute approximate surface area is 108 Å². The van der Waals surface area contributed by atoms with Crippen LogP contribution in [0.2, 0.25) is 0 Å². The lowest BCUT2D eigenvalue weighted by atomic mass is 10.1. The molecule has 0 spiro atoms. The zero-order valence-corrected chi connectivity index (χ0v) is 11.2. The summed E-state index contributed by atoms with van der Waals surface area (Å²) in [5, 5.41) is 0. The molecule has 0 bridgehead atoms. The molecule has 17 heavy (non-hydrogen) atoms. The summed E-state index contributed by atoms with van der Waals surface area (Å²) in [6, 6.07) is 3.13. The summed E-state index contributed by atoms with van der Waals surface area (Å²) in [4.78, 5) is 15.2. The fraction of sp³-hybridized carbons (Fsp3) is 0.417. The maximum absolute atomic E-state index is 13.6. The number of anilines is 1. The van der Waals surface area contributed by atoms with Crippen molar-refractivity contribution >= 4 is 27.9 Å². The second-order valence-electron chi connectivity index (χ2n) is 4.23. The molecule has 0 saturated carbocycles. The van der Waals surface area contributed by atoms with E-state index in [1.54, 1.807) is 6.07 Å². The number of nitrogens with zero attached hydrogens (tertiary/aromatic N) is 2. The lowest BCUT2D eigenvalue weighted by molar-refractivity contribution is 0.112. The molecule has 92 valence electrons. The van der Waals surface area contributed by atoms with E-state index in [0.717, 1.165) is 26.2 Å². The van der Waals surface area contributed by atoms with E-state index in [1.165, 1.54) is 6.07 Å². The molecule has 0 aromatic heterocycles. The number of aldehydes is 1. The van der Waals surface area contributed by atoms with Gasteiger partial charge in [0.05, 0.1) is 11.3 Å². The van der Waals surface area contributed by atoms with Crippen LogP contribution < -0.4 is 4.90 Å². The lowest BCUT2D eigenvalue weighted by Crippen LogP contribution is -2.44. The summed E-state index contributed by atoms with van der Waals surface area (Å²) in [7, 11) is 2.06. The quantitative estimate of drug-likeness (QED) is 0.782. The Balaban J connectivity index is 2.34. The molecular formula is C12H14BrFN2O. The van der Waals surface area contributed by atoms with Crippen LogP contribution in [0.25, 0.3) is 0 Å². The molecule has 1 heterocycles. The highest BCUT2D eigenvalue weighted by Gasteiger charge is 2.19. The molecule has 1 aromatic carbocycles. The van der Waals surface area contributed by atoms with Crippen LogP contribution in [0.1, 0.15) is 10.4 Å². The monoisotopic (exact) mass is 300 g/mol.